The number of aliphatic carboxylic acids is 1. The molecule has 0 unspecified atom stereocenters. The van der Waals surface area contributed by atoms with Gasteiger partial charge in [-0.05, 0) is 30.2 Å². The quantitative estimate of drug-likeness (QED) is 0.790. The Balaban J connectivity index is 2.20. The fraction of sp³-hybridized carbons (Fsp3) is 0.278. The van der Waals surface area contributed by atoms with Crippen molar-refractivity contribution >= 4 is 23.5 Å². The molecule has 0 bridgehead atoms. The second-order valence-electron chi connectivity index (χ2n) is 5.63. The average molecular weight is 343 g/mol. The van der Waals surface area contributed by atoms with Gasteiger partial charge in [0, 0.05) is 0 Å². The van der Waals surface area contributed by atoms with Crippen molar-refractivity contribution in [3.05, 3.63) is 54.0 Å². The van der Waals surface area contributed by atoms with Gasteiger partial charge in [0.1, 0.15) is 0 Å². The minimum Gasteiger partial charge on any atom is -0.548 e. The van der Waals surface area contributed by atoms with Crippen molar-refractivity contribution in [1.82, 2.24) is 5.32 Å². The third kappa shape index (κ3) is 4.47. The Kier molecular flexibility index (Phi) is 5.94. The molecular formula is C18H19N2O5-. The summed E-state index contributed by atoms with van der Waals surface area (Å²) in [7, 11) is 0. The molecule has 7 nitrogen and oxygen atoms in total. The van der Waals surface area contributed by atoms with Crippen molar-refractivity contribution < 1.29 is 23.9 Å². The molecule has 0 radical (unpaired) electrons. The molecule has 2 amide bonds. The van der Waals surface area contributed by atoms with Crippen LogP contribution in [0.3, 0.4) is 0 Å². The molecule has 0 saturated heterocycles. The average Bonchev–Trinajstić information content (AvgIpc) is 3.13. The SMILES string of the molecule is CC[C@@H](C)[C@@H](NC(=O)c1ccccc1NC(=O)c1ccco1)C(=O)[O-]. The Morgan fingerprint density at radius 3 is 2.44 bits per heavy atom. The van der Waals surface area contributed by atoms with E-state index in [1.165, 1.54) is 18.4 Å². The van der Waals surface area contributed by atoms with Crippen LogP contribution in [-0.4, -0.2) is 23.8 Å². The summed E-state index contributed by atoms with van der Waals surface area (Å²) in [6.07, 6.45) is 1.93. The molecule has 0 spiro atoms. The summed E-state index contributed by atoms with van der Waals surface area (Å²) in [5.41, 5.74) is 0.402. The number of benzene rings is 1. The first-order valence-corrected chi connectivity index (χ1v) is 7.89. The van der Waals surface area contributed by atoms with Gasteiger partial charge in [-0.2, -0.15) is 0 Å². The van der Waals surface area contributed by atoms with Gasteiger partial charge in [0.15, 0.2) is 5.76 Å². The third-order valence-electron chi connectivity index (χ3n) is 3.92. The number of carboxylic acid groups (broad SMARTS) is 1. The summed E-state index contributed by atoms with van der Waals surface area (Å²) in [5.74, 6) is -2.66. The molecule has 132 valence electrons. The molecule has 7 heteroatoms. The lowest BCUT2D eigenvalue weighted by Gasteiger charge is -2.25. The Hall–Kier alpha value is -3.09. The third-order valence-corrected chi connectivity index (χ3v) is 3.92. The number of anilines is 1. The number of nitrogens with one attached hydrogen (secondary N) is 2. The second kappa shape index (κ2) is 8.14. The number of para-hydroxylation sites is 1. The summed E-state index contributed by atoms with van der Waals surface area (Å²) in [6.45, 7) is 3.54. The van der Waals surface area contributed by atoms with E-state index in [0.29, 0.717) is 6.42 Å². The van der Waals surface area contributed by atoms with Crippen LogP contribution in [0.4, 0.5) is 5.69 Å². The Morgan fingerprint density at radius 2 is 1.84 bits per heavy atom. The predicted octanol–water partition coefficient (Wildman–Crippen LogP) is 1.43. The number of furan rings is 1. The highest BCUT2D eigenvalue weighted by molar-refractivity contribution is 6.08. The molecule has 0 aliphatic rings. The first-order valence-electron chi connectivity index (χ1n) is 7.89. The highest BCUT2D eigenvalue weighted by atomic mass is 16.4. The van der Waals surface area contributed by atoms with Gasteiger partial charge in [-0.25, -0.2) is 0 Å². The second-order valence-corrected chi connectivity index (χ2v) is 5.63. The zero-order valence-electron chi connectivity index (χ0n) is 13.9. The van der Waals surface area contributed by atoms with E-state index < -0.39 is 23.8 Å². The van der Waals surface area contributed by atoms with Crippen LogP contribution in [0.25, 0.3) is 0 Å². The molecule has 2 aromatic rings. The fourth-order valence-electron chi connectivity index (χ4n) is 2.27. The van der Waals surface area contributed by atoms with Crippen LogP contribution in [0.5, 0.6) is 0 Å². The summed E-state index contributed by atoms with van der Waals surface area (Å²) in [5, 5.41) is 16.3. The molecule has 0 aliphatic heterocycles. The number of carboxylic acids is 1. The normalized spacial score (nSPS) is 12.9. The molecule has 0 fully saturated rings. The first kappa shape index (κ1) is 18.3. The van der Waals surface area contributed by atoms with Gasteiger partial charge in [-0.1, -0.05) is 32.4 Å². The largest absolute Gasteiger partial charge is 0.548 e. The summed E-state index contributed by atoms with van der Waals surface area (Å²) in [4.78, 5) is 35.9. The van der Waals surface area contributed by atoms with Gasteiger partial charge >= 0.3 is 0 Å². The smallest absolute Gasteiger partial charge is 0.291 e. The van der Waals surface area contributed by atoms with E-state index in [4.69, 9.17) is 4.42 Å². The first-order chi connectivity index (χ1) is 11.9. The monoisotopic (exact) mass is 343 g/mol. The van der Waals surface area contributed by atoms with E-state index in [1.54, 1.807) is 31.2 Å². The topological polar surface area (TPSA) is 111 Å². The van der Waals surface area contributed by atoms with Gasteiger partial charge in [0.05, 0.1) is 29.5 Å². The number of carbonyl (C=O) groups is 3. The van der Waals surface area contributed by atoms with E-state index in [2.05, 4.69) is 10.6 Å². The lowest BCUT2D eigenvalue weighted by Crippen LogP contribution is -2.51. The van der Waals surface area contributed by atoms with Crippen LogP contribution in [0.15, 0.2) is 47.1 Å². The lowest BCUT2D eigenvalue weighted by molar-refractivity contribution is -0.309. The number of hydrogen-bond donors (Lipinski definition) is 2. The van der Waals surface area contributed by atoms with Gasteiger partial charge in [-0.3, -0.25) is 9.59 Å². The molecule has 1 aromatic carbocycles. The Morgan fingerprint density at radius 1 is 1.12 bits per heavy atom. The highest BCUT2D eigenvalue weighted by Crippen LogP contribution is 2.17. The van der Waals surface area contributed by atoms with Crippen LogP contribution < -0.4 is 15.7 Å². The van der Waals surface area contributed by atoms with Crippen LogP contribution >= 0.6 is 0 Å². The maximum absolute atomic E-state index is 12.5. The molecule has 0 aliphatic carbocycles. The van der Waals surface area contributed by atoms with E-state index in [9.17, 15) is 19.5 Å². The molecule has 0 saturated carbocycles. The predicted molar refractivity (Wildman–Crippen MR) is 88.8 cm³/mol. The number of amides is 2. The van der Waals surface area contributed by atoms with Crippen molar-refractivity contribution in [3.8, 4) is 0 Å². The fourth-order valence-corrected chi connectivity index (χ4v) is 2.27. The standard InChI is InChI=1S/C18H20N2O5/c1-3-11(2)15(18(23)24)20-16(21)12-7-4-5-8-13(12)19-17(22)14-9-6-10-25-14/h4-11,15H,3H2,1-2H3,(H,19,22)(H,20,21)(H,23,24)/p-1/t11-,15-/m1/s1. The molecule has 2 N–H and O–H groups in total. The molecular weight excluding hydrogens is 324 g/mol. The molecule has 25 heavy (non-hydrogen) atoms. The summed E-state index contributed by atoms with van der Waals surface area (Å²) in [6, 6.07) is 8.26. The van der Waals surface area contributed by atoms with Crippen LogP contribution in [-0.2, 0) is 4.79 Å². The number of carbonyl (C=O) groups excluding carboxylic acids is 3. The minimum atomic E-state index is -1.35. The van der Waals surface area contributed by atoms with Crippen LogP contribution in [0.1, 0.15) is 41.2 Å². The van der Waals surface area contributed by atoms with E-state index in [1.807, 2.05) is 6.92 Å². The van der Waals surface area contributed by atoms with Gasteiger partial charge < -0.3 is 25.0 Å². The lowest BCUT2D eigenvalue weighted by atomic mass is 9.98. The van der Waals surface area contributed by atoms with Gasteiger partial charge in [0.25, 0.3) is 11.8 Å². The Labute approximate surface area is 145 Å². The molecule has 1 heterocycles. The summed E-state index contributed by atoms with van der Waals surface area (Å²) >= 11 is 0. The highest BCUT2D eigenvalue weighted by Gasteiger charge is 2.22. The van der Waals surface area contributed by atoms with Crippen molar-refractivity contribution in [2.75, 3.05) is 5.32 Å². The number of rotatable bonds is 7. The maximum Gasteiger partial charge on any atom is 0.291 e. The summed E-state index contributed by atoms with van der Waals surface area (Å²) < 4.78 is 5.01. The van der Waals surface area contributed by atoms with Gasteiger partial charge in [0.2, 0.25) is 0 Å². The van der Waals surface area contributed by atoms with Gasteiger partial charge in [-0.15, -0.1) is 0 Å². The molecule has 1 aromatic heterocycles. The zero-order chi connectivity index (χ0) is 18.4. The van der Waals surface area contributed by atoms with Crippen molar-refractivity contribution in [2.45, 2.75) is 26.3 Å². The number of hydrogen-bond acceptors (Lipinski definition) is 5. The van der Waals surface area contributed by atoms with Crippen LogP contribution in [0, 0.1) is 5.92 Å². The molecule has 2 atom stereocenters. The van der Waals surface area contributed by atoms with Crippen molar-refractivity contribution in [2.24, 2.45) is 5.92 Å². The molecule has 2 rings (SSSR count). The van der Waals surface area contributed by atoms with E-state index in [-0.39, 0.29) is 22.9 Å². The van der Waals surface area contributed by atoms with Crippen LogP contribution in [0.2, 0.25) is 0 Å². The Bertz CT molecular complexity index is 755. The van der Waals surface area contributed by atoms with Crippen molar-refractivity contribution in [3.63, 3.8) is 0 Å². The minimum absolute atomic E-state index is 0.0995. The van der Waals surface area contributed by atoms with E-state index in [0.717, 1.165) is 0 Å². The maximum atomic E-state index is 12.5. The van der Waals surface area contributed by atoms with E-state index >= 15 is 0 Å². The van der Waals surface area contributed by atoms with Crippen molar-refractivity contribution in [1.29, 1.82) is 0 Å². The zero-order valence-corrected chi connectivity index (χ0v) is 13.9.